The van der Waals surface area contributed by atoms with Crippen LogP contribution < -0.4 is 0 Å². The predicted molar refractivity (Wildman–Crippen MR) is 92.9 cm³/mol. The van der Waals surface area contributed by atoms with Gasteiger partial charge in [0.2, 0.25) is 0 Å². The Balaban J connectivity index is 1.60. The van der Waals surface area contributed by atoms with Gasteiger partial charge in [0.1, 0.15) is 0 Å². The molecule has 0 aromatic carbocycles. The molecule has 0 saturated heterocycles. The topological polar surface area (TPSA) is 40.5 Å². The molecule has 4 aliphatic rings. The van der Waals surface area contributed by atoms with Gasteiger partial charge in [-0.15, -0.1) is 0 Å². The molecule has 0 radical (unpaired) electrons. The van der Waals surface area contributed by atoms with Gasteiger partial charge in [0, 0.05) is 0 Å². The van der Waals surface area contributed by atoms with Gasteiger partial charge in [0.15, 0.2) is 0 Å². The molecule has 2 N–H and O–H groups in total. The molecule has 4 rings (SSSR count). The van der Waals surface area contributed by atoms with Crippen LogP contribution in [0.4, 0.5) is 0 Å². The van der Waals surface area contributed by atoms with Crippen LogP contribution >= 0.6 is 0 Å². The Hall–Kier alpha value is -0.0800. The van der Waals surface area contributed by atoms with Crippen LogP contribution in [0.3, 0.4) is 0 Å². The first-order valence-corrected chi connectivity index (χ1v) is 10.2. The molecule has 0 amide bonds. The van der Waals surface area contributed by atoms with Crippen LogP contribution in [0.25, 0.3) is 0 Å². The molecule has 132 valence electrons. The summed E-state index contributed by atoms with van der Waals surface area (Å²) in [4.78, 5) is 0. The zero-order valence-corrected chi connectivity index (χ0v) is 15.3. The van der Waals surface area contributed by atoms with Crippen LogP contribution in [0.1, 0.15) is 78.6 Å². The van der Waals surface area contributed by atoms with E-state index >= 15 is 0 Å². The fraction of sp³-hybridized carbons (Fsp3) is 1.00. The lowest BCUT2D eigenvalue weighted by Crippen LogP contribution is -2.54. The third kappa shape index (κ3) is 2.27. The van der Waals surface area contributed by atoms with Crippen molar-refractivity contribution in [1.29, 1.82) is 0 Å². The van der Waals surface area contributed by atoms with Crippen molar-refractivity contribution in [3.05, 3.63) is 0 Å². The monoisotopic (exact) mass is 320 g/mol. The molecule has 9 atom stereocenters. The SMILES string of the molecule is C[C@H](O)[C@H]1CC[C@H]2[C@@H]3CC[C@H]4C[C@@H](O)CC[C@]4(C)[C@H]3CC[C@]12C. The van der Waals surface area contributed by atoms with Crippen LogP contribution in [-0.4, -0.2) is 22.4 Å². The van der Waals surface area contributed by atoms with E-state index in [4.69, 9.17) is 0 Å². The predicted octanol–water partition coefficient (Wildman–Crippen LogP) is 4.39. The maximum absolute atomic E-state index is 10.3. The van der Waals surface area contributed by atoms with Crippen LogP contribution in [0.2, 0.25) is 0 Å². The summed E-state index contributed by atoms with van der Waals surface area (Å²) in [5.41, 5.74) is 0.860. The van der Waals surface area contributed by atoms with Crippen LogP contribution in [-0.2, 0) is 0 Å². The maximum atomic E-state index is 10.3. The minimum Gasteiger partial charge on any atom is -0.393 e. The summed E-state index contributed by atoms with van der Waals surface area (Å²) in [6.45, 7) is 7.08. The Kier molecular flexibility index (Phi) is 3.89. The van der Waals surface area contributed by atoms with E-state index in [0.29, 0.717) is 16.7 Å². The van der Waals surface area contributed by atoms with E-state index in [1.54, 1.807) is 0 Å². The fourth-order valence-corrected chi connectivity index (χ4v) is 8.07. The van der Waals surface area contributed by atoms with Gasteiger partial charge in [-0.1, -0.05) is 13.8 Å². The fourth-order valence-electron chi connectivity index (χ4n) is 8.07. The van der Waals surface area contributed by atoms with Crippen molar-refractivity contribution in [2.75, 3.05) is 0 Å². The Bertz CT molecular complexity index is 461. The average molecular weight is 321 g/mol. The highest BCUT2D eigenvalue weighted by atomic mass is 16.3. The molecule has 2 nitrogen and oxygen atoms in total. The lowest BCUT2D eigenvalue weighted by atomic mass is 9.44. The summed E-state index contributed by atoms with van der Waals surface area (Å²) in [5, 5.41) is 20.4. The van der Waals surface area contributed by atoms with Gasteiger partial charge in [0.25, 0.3) is 0 Å². The Morgan fingerprint density at radius 1 is 0.870 bits per heavy atom. The number of aliphatic hydroxyl groups excluding tert-OH is 2. The van der Waals surface area contributed by atoms with E-state index in [0.717, 1.165) is 36.5 Å². The first-order valence-electron chi connectivity index (χ1n) is 10.2. The van der Waals surface area contributed by atoms with Gasteiger partial charge in [-0.2, -0.15) is 0 Å². The number of hydrogen-bond donors (Lipinski definition) is 2. The summed E-state index contributed by atoms with van der Waals surface area (Å²) in [7, 11) is 0. The first-order chi connectivity index (χ1) is 10.9. The summed E-state index contributed by atoms with van der Waals surface area (Å²) >= 11 is 0. The number of hydrogen-bond acceptors (Lipinski definition) is 2. The highest BCUT2D eigenvalue weighted by molar-refractivity contribution is 5.09. The zero-order chi connectivity index (χ0) is 16.4. The van der Waals surface area contributed by atoms with Crippen LogP contribution in [0.5, 0.6) is 0 Å². The van der Waals surface area contributed by atoms with Gasteiger partial charge < -0.3 is 10.2 Å². The number of fused-ring (bicyclic) bond motifs is 5. The lowest BCUT2D eigenvalue weighted by Gasteiger charge is -2.61. The van der Waals surface area contributed by atoms with Gasteiger partial charge in [-0.25, -0.2) is 0 Å². The minimum atomic E-state index is -0.140. The molecule has 0 aromatic rings. The van der Waals surface area contributed by atoms with Crippen molar-refractivity contribution in [3.8, 4) is 0 Å². The molecular weight excluding hydrogens is 284 g/mol. The summed E-state index contributed by atoms with van der Waals surface area (Å²) < 4.78 is 0. The van der Waals surface area contributed by atoms with Gasteiger partial charge >= 0.3 is 0 Å². The Labute approximate surface area is 142 Å². The molecule has 4 saturated carbocycles. The highest BCUT2D eigenvalue weighted by Gasteiger charge is 2.60. The van der Waals surface area contributed by atoms with Crippen LogP contribution in [0, 0.1) is 40.4 Å². The molecule has 0 unspecified atom stereocenters. The highest BCUT2D eigenvalue weighted by Crippen LogP contribution is 2.67. The summed E-state index contributed by atoms with van der Waals surface area (Å²) in [6, 6.07) is 0. The van der Waals surface area contributed by atoms with E-state index in [-0.39, 0.29) is 12.2 Å². The molecule has 0 heterocycles. The molecule has 4 aliphatic carbocycles. The van der Waals surface area contributed by atoms with E-state index in [1.165, 1.54) is 44.9 Å². The minimum absolute atomic E-state index is 0.0374. The number of aliphatic hydroxyl groups is 2. The van der Waals surface area contributed by atoms with Crippen molar-refractivity contribution in [2.45, 2.75) is 90.8 Å². The zero-order valence-electron chi connectivity index (χ0n) is 15.3. The third-order valence-corrected chi connectivity index (χ3v) is 9.29. The van der Waals surface area contributed by atoms with E-state index in [1.807, 2.05) is 6.92 Å². The maximum Gasteiger partial charge on any atom is 0.0545 e. The molecule has 0 aliphatic heterocycles. The Morgan fingerprint density at radius 3 is 2.30 bits per heavy atom. The van der Waals surface area contributed by atoms with Crippen molar-refractivity contribution in [3.63, 3.8) is 0 Å². The van der Waals surface area contributed by atoms with Gasteiger partial charge in [0.05, 0.1) is 12.2 Å². The third-order valence-electron chi connectivity index (χ3n) is 9.29. The van der Waals surface area contributed by atoms with Crippen molar-refractivity contribution in [2.24, 2.45) is 40.4 Å². The van der Waals surface area contributed by atoms with E-state index in [9.17, 15) is 10.2 Å². The second-order valence-corrected chi connectivity index (χ2v) is 10.1. The van der Waals surface area contributed by atoms with Crippen molar-refractivity contribution >= 4 is 0 Å². The Morgan fingerprint density at radius 2 is 1.57 bits per heavy atom. The molecule has 2 heteroatoms. The van der Waals surface area contributed by atoms with Gasteiger partial charge in [-0.3, -0.25) is 0 Å². The molecule has 23 heavy (non-hydrogen) atoms. The molecule has 4 fully saturated rings. The lowest BCUT2D eigenvalue weighted by molar-refractivity contribution is -0.132. The molecule has 0 spiro atoms. The average Bonchev–Trinajstić information content (AvgIpc) is 2.85. The van der Waals surface area contributed by atoms with E-state index in [2.05, 4.69) is 13.8 Å². The second-order valence-electron chi connectivity index (χ2n) is 10.1. The summed E-state index contributed by atoms with van der Waals surface area (Å²) in [5.74, 6) is 3.87. The first kappa shape index (κ1) is 16.4. The van der Waals surface area contributed by atoms with Gasteiger partial charge in [-0.05, 0) is 105 Å². The second kappa shape index (κ2) is 5.46. The molecular formula is C21H36O2. The summed E-state index contributed by atoms with van der Waals surface area (Å²) in [6.07, 6.45) is 11.1. The largest absolute Gasteiger partial charge is 0.393 e. The van der Waals surface area contributed by atoms with E-state index < -0.39 is 0 Å². The number of rotatable bonds is 1. The van der Waals surface area contributed by atoms with Crippen molar-refractivity contribution in [1.82, 2.24) is 0 Å². The standard InChI is InChI=1S/C21H36O2/c1-13(22)17-6-7-18-16-5-4-14-12-15(23)8-10-20(14,2)19(16)9-11-21(17,18)3/h13-19,22-23H,4-12H2,1-3H3/t13-,14-,15-,16-,17+,18-,19-,20-,21+/m0/s1. The molecule has 0 aromatic heterocycles. The van der Waals surface area contributed by atoms with Crippen molar-refractivity contribution < 1.29 is 10.2 Å². The smallest absolute Gasteiger partial charge is 0.0545 e. The molecule has 0 bridgehead atoms. The quantitative estimate of drug-likeness (QED) is 0.752. The normalized spacial score (nSPS) is 57.3. The van der Waals surface area contributed by atoms with Crippen LogP contribution in [0.15, 0.2) is 0 Å².